The highest BCUT2D eigenvalue weighted by atomic mass is 16.8. The van der Waals surface area contributed by atoms with E-state index in [0.29, 0.717) is 12.3 Å². The monoisotopic (exact) mass is 466 g/mol. The topological polar surface area (TPSA) is 95.6 Å². The van der Waals surface area contributed by atoms with Crippen LogP contribution >= 0.6 is 0 Å². The molecule has 0 aliphatic carbocycles. The largest absolute Gasteiger partial charge is 0.368 e. The van der Waals surface area contributed by atoms with Crippen molar-refractivity contribution in [3.63, 3.8) is 0 Å². The van der Waals surface area contributed by atoms with Crippen LogP contribution in [0.2, 0.25) is 0 Å². The summed E-state index contributed by atoms with van der Waals surface area (Å²) >= 11 is 0. The van der Waals surface area contributed by atoms with E-state index in [0.717, 1.165) is 5.56 Å². The highest BCUT2D eigenvalue weighted by molar-refractivity contribution is 6.07. The van der Waals surface area contributed by atoms with E-state index in [4.69, 9.17) is 23.8 Å². The van der Waals surface area contributed by atoms with Crippen LogP contribution in [0.1, 0.15) is 19.4 Å². The standard InChI is InChI=1S/C25H26N2O7/c1-25(2)32-21-20(30-13-14-9-5-3-6-10-14)19(31-24(21)33-25)17-16-18(23(29)26-22(16)28)34-27(17)15-11-7-4-8-12-15/h3-12,16-21,24H,13H2,1-2H3,(H,26,28,29)/t16-,17+,18+,19-,20+,21-,24-/m1/s1. The predicted octanol–water partition coefficient (Wildman–Crippen LogP) is 1.91. The molecule has 2 aromatic carbocycles. The van der Waals surface area contributed by atoms with E-state index in [-0.39, 0.29) is 5.91 Å². The van der Waals surface area contributed by atoms with Gasteiger partial charge in [-0.3, -0.25) is 19.7 Å². The number of imide groups is 1. The smallest absolute Gasteiger partial charge is 0.259 e. The molecule has 7 atom stereocenters. The maximum absolute atomic E-state index is 12.8. The van der Waals surface area contributed by atoms with Crippen LogP contribution in [0.3, 0.4) is 0 Å². The fourth-order valence-corrected chi connectivity index (χ4v) is 5.24. The van der Waals surface area contributed by atoms with Crippen molar-refractivity contribution in [2.24, 2.45) is 5.92 Å². The summed E-state index contributed by atoms with van der Waals surface area (Å²) in [5, 5.41) is 4.00. The molecule has 0 bridgehead atoms. The SMILES string of the molecule is CC1(C)O[C@H]2O[C@H]([C@@H]3[C@H]4C(=O)NC(=O)[C@H]4ON3c3ccccc3)[C@H](OCc3ccccc3)[C@H]2O1. The molecule has 0 saturated carbocycles. The molecule has 1 N–H and O–H groups in total. The minimum absolute atomic E-state index is 0.330. The maximum Gasteiger partial charge on any atom is 0.259 e. The fourth-order valence-electron chi connectivity index (χ4n) is 5.24. The zero-order chi connectivity index (χ0) is 23.4. The third kappa shape index (κ3) is 3.60. The minimum Gasteiger partial charge on any atom is -0.368 e. The second-order valence-corrected chi connectivity index (χ2v) is 9.39. The second-order valence-electron chi connectivity index (χ2n) is 9.39. The molecular formula is C25H26N2O7. The van der Waals surface area contributed by atoms with E-state index < -0.39 is 54.4 Å². The molecule has 9 nitrogen and oxygen atoms in total. The number of carbonyl (C=O) groups is 2. The summed E-state index contributed by atoms with van der Waals surface area (Å²) in [4.78, 5) is 31.4. The number of hydrogen-bond donors (Lipinski definition) is 1. The lowest BCUT2D eigenvalue weighted by Crippen LogP contribution is -2.52. The molecule has 9 heteroatoms. The zero-order valence-corrected chi connectivity index (χ0v) is 18.8. The first-order chi connectivity index (χ1) is 16.4. The van der Waals surface area contributed by atoms with Gasteiger partial charge in [0.05, 0.1) is 12.3 Å². The van der Waals surface area contributed by atoms with E-state index >= 15 is 0 Å². The molecule has 4 heterocycles. The number of fused-ring (bicyclic) bond motifs is 2. The summed E-state index contributed by atoms with van der Waals surface area (Å²) in [7, 11) is 0. The summed E-state index contributed by atoms with van der Waals surface area (Å²) in [6.45, 7) is 3.98. The Morgan fingerprint density at radius 1 is 0.941 bits per heavy atom. The lowest BCUT2D eigenvalue weighted by molar-refractivity contribution is -0.222. The molecule has 0 aromatic heterocycles. The molecule has 4 saturated heterocycles. The van der Waals surface area contributed by atoms with Gasteiger partial charge in [-0.15, -0.1) is 0 Å². The van der Waals surface area contributed by atoms with Crippen LogP contribution in [0.4, 0.5) is 5.69 Å². The number of para-hydroxylation sites is 1. The van der Waals surface area contributed by atoms with Crippen molar-refractivity contribution in [2.45, 2.75) is 63.0 Å². The number of hydrogen-bond acceptors (Lipinski definition) is 8. The Morgan fingerprint density at radius 3 is 2.38 bits per heavy atom. The average molecular weight is 466 g/mol. The summed E-state index contributed by atoms with van der Waals surface area (Å²) in [5.41, 5.74) is 1.71. The van der Waals surface area contributed by atoms with Gasteiger partial charge >= 0.3 is 0 Å². The van der Waals surface area contributed by atoms with Crippen molar-refractivity contribution in [3.8, 4) is 0 Å². The van der Waals surface area contributed by atoms with Crippen LogP contribution in [-0.4, -0.2) is 54.3 Å². The molecule has 4 aliphatic rings. The van der Waals surface area contributed by atoms with Crippen molar-refractivity contribution in [1.29, 1.82) is 0 Å². The molecule has 0 spiro atoms. The van der Waals surface area contributed by atoms with Gasteiger partial charge in [0, 0.05) is 0 Å². The quantitative estimate of drug-likeness (QED) is 0.668. The van der Waals surface area contributed by atoms with Gasteiger partial charge in [0.1, 0.15) is 30.3 Å². The molecule has 0 radical (unpaired) electrons. The Kier molecular flexibility index (Phi) is 5.20. The van der Waals surface area contributed by atoms with Crippen molar-refractivity contribution in [1.82, 2.24) is 5.32 Å². The van der Waals surface area contributed by atoms with Crippen LogP contribution in [0.15, 0.2) is 60.7 Å². The summed E-state index contributed by atoms with van der Waals surface area (Å²) < 4.78 is 24.9. The van der Waals surface area contributed by atoms with E-state index in [9.17, 15) is 9.59 Å². The molecule has 178 valence electrons. The van der Waals surface area contributed by atoms with Gasteiger partial charge in [-0.25, -0.2) is 5.06 Å². The van der Waals surface area contributed by atoms with Crippen molar-refractivity contribution >= 4 is 17.5 Å². The first kappa shape index (κ1) is 21.7. The van der Waals surface area contributed by atoms with Crippen LogP contribution in [0.25, 0.3) is 0 Å². The Bertz CT molecular complexity index is 1080. The van der Waals surface area contributed by atoms with Gasteiger partial charge in [0.2, 0.25) is 5.91 Å². The average Bonchev–Trinajstić information content (AvgIpc) is 3.52. The van der Waals surface area contributed by atoms with Gasteiger partial charge < -0.3 is 18.9 Å². The first-order valence-electron chi connectivity index (χ1n) is 11.4. The number of amides is 2. The Labute approximate surface area is 196 Å². The minimum atomic E-state index is -0.935. The summed E-state index contributed by atoms with van der Waals surface area (Å²) in [6.07, 6.45) is -3.32. The van der Waals surface area contributed by atoms with Crippen molar-refractivity contribution in [2.75, 3.05) is 5.06 Å². The molecule has 0 unspecified atom stereocenters. The molecule has 4 fully saturated rings. The van der Waals surface area contributed by atoms with Gasteiger partial charge in [-0.1, -0.05) is 48.5 Å². The lowest BCUT2D eigenvalue weighted by Gasteiger charge is -2.35. The number of carbonyl (C=O) groups excluding carboxylic acids is 2. The Morgan fingerprint density at radius 2 is 1.65 bits per heavy atom. The van der Waals surface area contributed by atoms with E-state index in [1.807, 2.05) is 74.5 Å². The number of hydroxylamine groups is 1. The Hall–Kier alpha value is -2.82. The van der Waals surface area contributed by atoms with Crippen molar-refractivity contribution < 1.29 is 33.4 Å². The molecule has 2 amide bonds. The van der Waals surface area contributed by atoms with Crippen LogP contribution in [0, 0.1) is 5.92 Å². The van der Waals surface area contributed by atoms with Gasteiger partial charge in [-0.05, 0) is 31.5 Å². The predicted molar refractivity (Wildman–Crippen MR) is 118 cm³/mol. The van der Waals surface area contributed by atoms with Crippen molar-refractivity contribution in [3.05, 3.63) is 66.2 Å². The van der Waals surface area contributed by atoms with Gasteiger partial charge in [-0.2, -0.15) is 0 Å². The number of nitrogens with one attached hydrogen (secondary N) is 1. The third-order valence-electron chi connectivity index (χ3n) is 6.66. The third-order valence-corrected chi connectivity index (χ3v) is 6.66. The number of nitrogens with zero attached hydrogens (tertiary/aromatic N) is 1. The van der Waals surface area contributed by atoms with E-state index in [1.54, 1.807) is 5.06 Å². The normalized spacial score (nSPS) is 35.9. The molecule has 34 heavy (non-hydrogen) atoms. The van der Waals surface area contributed by atoms with Crippen LogP contribution in [-0.2, 0) is 40.0 Å². The number of ether oxygens (including phenoxy) is 4. The van der Waals surface area contributed by atoms with E-state index in [1.165, 1.54) is 0 Å². The molecule has 6 rings (SSSR count). The molecule has 4 aliphatic heterocycles. The van der Waals surface area contributed by atoms with Gasteiger partial charge in [0.15, 0.2) is 18.2 Å². The number of benzene rings is 2. The summed E-state index contributed by atoms with van der Waals surface area (Å²) in [5.74, 6) is -2.43. The highest BCUT2D eigenvalue weighted by Gasteiger charge is 2.65. The van der Waals surface area contributed by atoms with E-state index in [2.05, 4.69) is 5.32 Å². The fraction of sp³-hybridized carbons (Fsp3) is 0.440. The second kappa shape index (κ2) is 8.14. The number of anilines is 1. The number of rotatable bonds is 5. The maximum atomic E-state index is 12.8. The molecule has 2 aromatic rings. The first-order valence-corrected chi connectivity index (χ1v) is 11.4. The van der Waals surface area contributed by atoms with Gasteiger partial charge in [0.25, 0.3) is 5.91 Å². The lowest BCUT2D eigenvalue weighted by atomic mass is 9.89. The molecular weight excluding hydrogens is 440 g/mol. The zero-order valence-electron chi connectivity index (χ0n) is 18.8. The van der Waals surface area contributed by atoms with Crippen LogP contribution < -0.4 is 10.4 Å². The Balaban J connectivity index is 1.35. The van der Waals surface area contributed by atoms with Crippen LogP contribution in [0.5, 0.6) is 0 Å². The summed E-state index contributed by atoms with van der Waals surface area (Å²) in [6, 6.07) is 18.5. The highest BCUT2D eigenvalue weighted by Crippen LogP contribution is 2.46.